The van der Waals surface area contributed by atoms with E-state index >= 15 is 0 Å². The molecular formula is C17H21N3O3S. The van der Waals surface area contributed by atoms with Gasteiger partial charge in [-0.3, -0.25) is 4.72 Å². The van der Waals surface area contributed by atoms with Crippen molar-refractivity contribution in [3.8, 4) is 0 Å². The number of hydrogen-bond acceptors (Lipinski definition) is 3. The Kier molecular flexibility index (Phi) is 5.81. The molecule has 2 aromatic rings. The first-order valence-electron chi connectivity index (χ1n) is 7.49. The molecule has 0 fully saturated rings. The van der Waals surface area contributed by atoms with E-state index in [1.54, 1.807) is 18.2 Å². The number of nitrogens with one attached hydrogen (secondary N) is 3. The highest BCUT2D eigenvalue weighted by Crippen LogP contribution is 2.13. The molecule has 2 aromatic carbocycles. The lowest BCUT2D eigenvalue weighted by Gasteiger charge is -2.15. The highest BCUT2D eigenvalue weighted by Gasteiger charge is 2.09. The summed E-state index contributed by atoms with van der Waals surface area (Å²) in [6.45, 7) is 2.21. The maximum atomic E-state index is 12.0. The summed E-state index contributed by atoms with van der Waals surface area (Å²) in [4.78, 5) is 12.0. The Morgan fingerprint density at radius 2 is 1.79 bits per heavy atom. The third-order valence-electron chi connectivity index (χ3n) is 3.33. The Morgan fingerprint density at radius 1 is 1.08 bits per heavy atom. The van der Waals surface area contributed by atoms with Crippen LogP contribution in [0.1, 0.15) is 24.1 Å². The molecule has 0 radical (unpaired) electrons. The summed E-state index contributed by atoms with van der Waals surface area (Å²) in [5.41, 5.74) is 2.29. The molecule has 2 rings (SSSR count). The van der Waals surface area contributed by atoms with Gasteiger partial charge in [0.05, 0.1) is 12.3 Å². The zero-order valence-electron chi connectivity index (χ0n) is 13.6. The minimum Gasteiger partial charge on any atom is -0.334 e. The minimum atomic E-state index is -3.32. The van der Waals surface area contributed by atoms with Crippen molar-refractivity contribution in [3.63, 3.8) is 0 Å². The average molecular weight is 347 g/mol. The second-order valence-corrected chi connectivity index (χ2v) is 7.28. The second kappa shape index (κ2) is 7.83. The fourth-order valence-corrected chi connectivity index (χ4v) is 2.77. The molecule has 0 aromatic heterocycles. The number of benzene rings is 2. The van der Waals surface area contributed by atoms with E-state index in [1.807, 2.05) is 43.3 Å². The molecule has 0 aliphatic heterocycles. The van der Waals surface area contributed by atoms with E-state index in [-0.39, 0.29) is 12.1 Å². The first-order chi connectivity index (χ1) is 11.3. The van der Waals surface area contributed by atoms with Gasteiger partial charge in [-0.15, -0.1) is 0 Å². The van der Waals surface area contributed by atoms with Crippen LogP contribution in [-0.4, -0.2) is 20.7 Å². The van der Waals surface area contributed by atoms with Gasteiger partial charge in [0.2, 0.25) is 10.0 Å². The highest BCUT2D eigenvalue weighted by atomic mass is 32.2. The van der Waals surface area contributed by atoms with E-state index in [2.05, 4.69) is 15.4 Å². The molecule has 0 aliphatic carbocycles. The van der Waals surface area contributed by atoms with Gasteiger partial charge in [0, 0.05) is 12.2 Å². The maximum Gasteiger partial charge on any atom is 0.315 e. The number of amides is 2. The van der Waals surface area contributed by atoms with Gasteiger partial charge in [-0.1, -0.05) is 42.5 Å². The summed E-state index contributed by atoms with van der Waals surface area (Å²) in [7, 11) is -3.32. The van der Waals surface area contributed by atoms with Gasteiger partial charge in [0.1, 0.15) is 0 Å². The molecular weight excluding hydrogens is 326 g/mol. The van der Waals surface area contributed by atoms with Gasteiger partial charge in [-0.2, -0.15) is 0 Å². The van der Waals surface area contributed by atoms with Crippen molar-refractivity contribution in [3.05, 3.63) is 65.7 Å². The van der Waals surface area contributed by atoms with Crippen LogP contribution in [0.25, 0.3) is 0 Å². The van der Waals surface area contributed by atoms with Crippen LogP contribution < -0.4 is 15.4 Å². The quantitative estimate of drug-likeness (QED) is 0.751. The van der Waals surface area contributed by atoms with Crippen molar-refractivity contribution in [2.45, 2.75) is 19.5 Å². The summed E-state index contributed by atoms with van der Waals surface area (Å²) in [6.07, 6.45) is 1.09. The van der Waals surface area contributed by atoms with Crippen molar-refractivity contribution < 1.29 is 13.2 Å². The monoisotopic (exact) mass is 347 g/mol. The van der Waals surface area contributed by atoms with Crippen LogP contribution in [0.4, 0.5) is 10.5 Å². The molecule has 0 unspecified atom stereocenters. The zero-order chi connectivity index (χ0) is 17.6. The van der Waals surface area contributed by atoms with Crippen molar-refractivity contribution >= 4 is 21.7 Å². The molecule has 1 atom stereocenters. The Hall–Kier alpha value is -2.54. The van der Waals surface area contributed by atoms with Gasteiger partial charge in [0.15, 0.2) is 0 Å². The SMILES string of the molecule is C[C@H](NC(=O)NCc1cccc(NS(C)(=O)=O)c1)c1ccccc1. The van der Waals surface area contributed by atoms with Gasteiger partial charge in [-0.05, 0) is 30.2 Å². The maximum absolute atomic E-state index is 12.0. The summed E-state index contributed by atoms with van der Waals surface area (Å²) in [6, 6.07) is 16.2. The molecule has 7 heteroatoms. The topological polar surface area (TPSA) is 87.3 Å². The van der Waals surface area contributed by atoms with Crippen LogP contribution in [0.15, 0.2) is 54.6 Å². The van der Waals surface area contributed by atoms with E-state index in [9.17, 15) is 13.2 Å². The number of anilines is 1. The van der Waals surface area contributed by atoms with Crippen LogP contribution in [0.3, 0.4) is 0 Å². The van der Waals surface area contributed by atoms with E-state index < -0.39 is 10.0 Å². The molecule has 6 nitrogen and oxygen atoms in total. The van der Waals surface area contributed by atoms with E-state index in [0.717, 1.165) is 17.4 Å². The summed E-state index contributed by atoms with van der Waals surface area (Å²) in [5, 5.41) is 5.62. The minimum absolute atomic E-state index is 0.107. The predicted octanol–water partition coefficient (Wildman–Crippen LogP) is 2.62. The van der Waals surface area contributed by atoms with Crippen molar-refractivity contribution in [1.82, 2.24) is 10.6 Å². The van der Waals surface area contributed by atoms with Crippen molar-refractivity contribution in [2.24, 2.45) is 0 Å². The fraction of sp³-hybridized carbons (Fsp3) is 0.235. The zero-order valence-corrected chi connectivity index (χ0v) is 14.4. The van der Waals surface area contributed by atoms with Crippen LogP contribution in [0.2, 0.25) is 0 Å². The molecule has 128 valence electrons. The molecule has 0 saturated carbocycles. The van der Waals surface area contributed by atoms with Crippen LogP contribution in [0.5, 0.6) is 0 Å². The molecule has 24 heavy (non-hydrogen) atoms. The van der Waals surface area contributed by atoms with Crippen molar-refractivity contribution in [2.75, 3.05) is 11.0 Å². The summed E-state index contributed by atoms with van der Waals surface area (Å²) in [5.74, 6) is 0. The molecule has 0 heterocycles. The lowest BCUT2D eigenvalue weighted by molar-refractivity contribution is 0.237. The van der Waals surface area contributed by atoms with E-state index in [1.165, 1.54) is 0 Å². The molecule has 2 amide bonds. The van der Waals surface area contributed by atoms with Gasteiger partial charge >= 0.3 is 6.03 Å². The van der Waals surface area contributed by atoms with Crippen LogP contribution in [0, 0.1) is 0 Å². The first kappa shape index (κ1) is 17.8. The molecule has 0 saturated heterocycles. The summed E-state index contributed by atoms with van der Waals surface area (Å²) >= 11 is 0. The number of hydrogen-bond donors (Lipinski definition) is 3. The number of carbonyl (C=O) groups is 1. The van der Waals surface area contributed by atoms with Crippen molar-refractivity contribution in [1.29, 1.82) is 0 Å². The summed E-state index contributed by atoms with van der Waals surface area (Å²) < 4.78 is 24.9. The van der Waals surface area contributed by atoms with Gasteiger partial charge in [-0.25, -0.2) is 13.2 Å². The Morgan fingerprint density at radius 3 is 2.46 bits per heavy atom. The molecule has 3 N–H and O–H groups in total. The smallest absolute Gasteiger partial charge is 0.315 e. The largest absolute Gasteiger partial charge is 0.334 e. The molecule has 0 aliphatic rings. The van der Waals surface area contributed by atoms with Gasteiger partial charge in [0.25, 0.3) is 0 Å². The fourth-order valence-electron chi connectivity index (χ4n) is 2.21. The number of urea groups is 1. The average Bonchev–Trinajstić information content (AvgIpc) is 2.52. The van der Waals surface area contributed by atoms with Crippen LogP contribution >= 0.6 is 0 Å². The normalized spacial score (nSPS) is 12.2. The Bertz CT molecular complexity index is 792. The van der Waals surface area contributed by atoms with Gasteiger partial charge < -0.3 is 10.6 Å². The van der Waals surface area contributed by atoms with E-state index in [4.69, 9.17) is 0 Å². The third kappa shape index (κ3) is 5.92. The Labute approximate surface area is 142 Å². The Balaban J connectivity index is 1.89. The molecule has 0 bridgehead atoms. The first-order valence-corrected chi connectivity index (χ1v) is 9.39. The predicted molar refractivity (Wildman–Crippen MR) is 95.1 cm³/mol. The lowest BCUT2D eigenvalue weighted by atomic mass is 10.1. The number of carbonyl (C=O) groups excluding carboxylic acids is 1. The lowest BCUT2D eigenvalue weighted by Crippen LogP contribution is -2.36. The standard InChI is InChI=1S/C17H21N3O3S/c1-13(15-8-4-3-5-9-15)19-17(21)18-12-14-7-6-10-16(11-14)20-24(2,22)23/h3-11,13,20H,12H2,1-2H3,(H2,18,19,21)/t13-/m0/s1. The third-order valence-corrected chi connectivity index (χ3v) is 3.94. The number of sulfonamides is 1. The molecule has 0 spiro atoms. The number of rotatable bonds is 6. The second-order valence-electron chi connectivity index (χ2n) is 5.53. The van der Waals surface area contributed by atoms with E-state index in [0.29, 0.717) is 12.2 Å². The highest BCUT2D eigenvalue weighted by molar-refractivity contribution is 7.92. The van der Waals surface area contributed by atoms with Crippen LogP contribution in [-0.2, 0) is 16.6 Å².